The van der Waals surface area contributed by atoms with Gasteiger partial charge in [0.15, 0.2) is 0 Å². The van der Waals surface area contributed by atoms with Crippen LogP contribution in [0.1, 0.15) is 6.92 Å². The lowest BCUT2D eigenvalue weighted by Gasteiger charge is -2.20. The standard InChI is InChI=1S/C10H13FN2O2/c1-7(10(14)15)6-13(2)9-4-3-8(11)5-12-9/h3-5,7H,6H2,1-2H3,(H,14,15). The lowest BCUT2D eigenvalue weighted by Crippen LogP contribution is -2.28. The van der Waals surface area contributed by atoms with E-state index in [0.717, 1.165) is 6.20 Å². The van der Waals surface area contributed by atoms with Crippen molar-refractivity contribution in [3.05, 3.63) is 24.1 Å². The van der Waals surface area contributed by atoms with Crippen LogP contribution in [0.4, 0.5) is 10.2 Å². The van der Waals surface area contributed by atoms with Crippen LogP contribution in [0.5, 0.6) is 0 Å². The van der Waals surface area contributed by atoms with Gasteiger partial charge in [-0.2, -0.15) is 0 Å². The Hall–Kier alpha value is -1.65. The predicted octanol–water partition coefficient (Wildman–Crippen LogP) is 1.38. The van der Waals surface area contributed by atoms with Crippen molar-refractivity contribution >= 4 is 11.8 Å². The molecule has 1 rings (SSSR count). The molecule has 5 heteroatoms. The van der Waals surface area contributed by atoms with Crippen LogP contribution in [0.3, 0.4) is 0 Å². The summed E-state index contributed by atoms with van der Waals surface area (Å²) in [5, 5.41) is 8.71. The molecule has 0 radical (unpaired) electrons. The summed E-state index contributed by atoms with van der Waals surface area (Å²) in [7, 11) is 1.72. The minimum Gasteiger partial charge on any atom is -0.481 e. The van der Waals surface area contributed by atoms with Crippen LogP contribution >= 0.6 is 0 Å². The van der Waals surface area contributed by atoms with Crippen molar-refractivity contribution in [3.8, 4) is 0 Å². The van der Waals surface area contributed by atoms with Crippen molar-refractivity contribution in [2.75, 3.05) is 18.5 Å². The summed E-state index contributed by atoms with van der Waals surface area (Å²) in [5.41, 5.74) is 0. The molecule has 0 spiro atoms. The SMILES string of the molecule is CC(CN(C)c1ccc(F)cn1)C(=O)O. The molecule has 82 valence electrons. The Morgan fingerprint density at radius 3 is 2.80 bits per heavy atom. The van der Waals surface area contributed by atoms with E-state index in [0.29, 0.717) is 12.4 Å². The van der Waals surface area contributed by atoms with E-state index in [9.17, 15) is 9.18 Å². The molecule has 0 saturated carbocycles. The Morgan fingerprint density at radius 1 is 1.67 bits per heavy atom. The highest BCUT2D eigenvalue weighted by atomic mass is 19.1. The van der Waals surface area contributed by atoms with E-state index < -0.39 is 17.7 Å². The number of rotatable bonds is 4. The van der Waals surface area contributed by atoms with Gasteiger partial charge in [0, 0.05) is 13.6 Å². The molecule has 0 amide bonds. The molecule has 15 heavy (non-hydrogen) atoms. The molecular formula is C10H13FN2O2. The summed E-state index contributed by atoms with van der Waals surface area (Å²) < 4.78 is 12.6. The third-order valence-electron chi connectivity index (χ3n) is 2.07. The van der Waals surface area contributed by atoms with Crippen LogP contribution in [0, 0.1) is 11.7 Å². The quantitative estimate of drug-likeness (QED) is 0.819. The van der Waals surface area contributed by atoms with Crippen LogP contribution in [0.15, 0.2) is 18.3 Å². The number of carbonyl (C=O) groups is 1. The lowest BCUT2D eigenvalue weighted by molar-refractivity contribution is -0.140. The average molecular weight is 212 g/mol. The second-order valence-electron chi connectivity index (χ2n) is 3.45. The molecule has 0 aliphatic heterocycles. The van der Waals surface area contributed by atoms with Crippen molar-refractivity contribution in [2.24, 2.45) is 5.92 Å². The van der Waals surface area contributed by atoms with Gasteiger partial charge in [0.05, 0.1) is 12.1 Å². The number of hydrogen-bond acceptors (Lipinski definition) is 3. The average Bonchev–Trinajstić information content (AvgIpc) is 2.18. The summed E-state index contributed by atoms with van der Waals surface area (Å²) in [4.78, 5) is 16.1. The smallest absolute Gasteiger partial charge is 0.308 e. The molecule has 1 atom stereocenters. The van der Waals surface area contributed by atoms with Gasteiger partial charge in [-0.3, -0.25) is 4.79 Å². The number of aliphatic carboxylic acids is 1. The molecule has 0 fully saturated rings. The molecule has 0 aliphatic rings. The first-order valence-electron chi connectivity index (χ1n) is 4.56. The summed E-state index contributed by atoms with van der Waals surface area (Å²) in [6.45, 7) is 1.95. The minimum absolute atomic E-state index is 0.341. The van der Waals surface area contributed by atoms with E-state index in [-0.39, 0.29) is 0 Å². The summed E-state index contributed by atoms with van der Waals surface area (Å²) in [6.07, 6.45) is 1.11. The van der Waals surface area contributed by atoms with Crippen molar-refractivity contribution in [3.63, 3.8) is 0 Å². The normalized spacial score (nSPS) is 12.2. The maximum atomic E-state index is 12.6. The molecule has 1 N–H and O–H groups in total. The van der Waals surface area contributed by atoms with E-state index in [2.05, 4.69) is 4.98 Å². The Kier molecular flexibility index (Phi) is 3.60. The fourth-order valence-corrected chi connectivity index (χ4v) is 1.18. The topological polar surface area (TPSA) is 53.4 Å². The molecule has 0 aromatic carbocycles. The van der Waals surface area contributed by atoms with Gasteiger partial charge in [-0.25, -0.2) is 9.37 Å². The van der Waals surface area contributed by atoms with E-state index in [1.807, 2.05) is 0 Å². The number of carboxylic acid groups (broad SMARTS) is 1. The summed E-state index contributed by atoms with van der Waals surface area (Å²) >= 11 is 0. The van der Waals surface area contributed by atoms with Gasteiger partial charge in [-0.05, 0) is 12.1 Å². The van der Waals surface area contributed by atoms with Gasteiger partial charge in [-0.15, -0.1) is 0 Å². The third kappa shape index (κ3) is 3.19. The van der Waals surface area contributed by atoms with Crippen LogP contribution in [0.2, 0.25) is 0 Å². The lowest BCUT2D eigenvalue weighted by atomic mass is 10.2. The third-order valence-corrected chi connectivity index (χ3v) is 2.07. The number of halogens is 1. The fourth-order valence-electron chi connectivity index (χ4n) is 1.18. The molecular weight excluding hydrogens is 199 g/mol. The van der Waals surface area contributed by atoms with Gasteiger partial charge >= 0.3 is 5.97 Å². The van der Waals surface area contributed by atoms with E-state index in [1.54, 1.807) is 18.9 Å². The highest BCUT2D eigenvalue weighted by Crippen LogP contribution is 2.10. The van der Waals surface area contributed by atoms with E-state index in [4.69, 9.17) is 5.11 Å². The van der Waals surface area contributed by atoms with Gasteiger partial charge in [0.1, 0.15) is 11.6 Å². The van der Waals surface area contributed by atoms with Crippen LogP contribution < -0.4 is 4.90 Å². The number of anilines is 1. The number of aromatic nitrogens is 1. The van der Waals surface area contributed by atoms with Gasteiger partial charge in [0.2, 0.25) is 0 Å². The first kappa shape index (κ1) is 11.4. The van der Waals surface area contributed by atoms with Crippen LogP contribution in [0.25, 0.3) is 0 Å². The molecule has 1 unspecified atom stereocenters. The highest BCUT2D eigenvalue weighted by molar-refractivity contribution is 5.70. The molecule has 0 bridgehead atoms. The predicted molar refractivity (Wildman–Crippen MR) is 54.3 cm³/mol. The van der Waals surface area contributed by atoms with E-state index in [1.165, 1.54) is 12.1 Å². The second-order valence-corrected chi connectivity index (χ2v) is 3.45. The zero-order valence-electron chi connectivity index (χ0n) is 8.64. The molecule has 1 heterocycles. The van der Waals surface area contributed by atoms with E-state index >= 15 is 0 Å². The van der Waals surface area contributed by atoms with Gasteiger partial charge in [-0.1, -0.05) is 6.92 Å². The van der Waals surface area contributed by atoms with Crippen molar-refractivity contribution in [2.45, 2.75) is 6.92 Å². The highest BCUT2D eigenvalue weighted by Gasteiger charge is 2.14. The summed E-state index contributed by atoms with van der Waals surface area (Å²) in [6, 6.07) is 2.81. The number of carboxylic acids is 1. The molecule has 0 aliphatic carbocycles. The molecule has 1 aromatic rings. The second kappa shape index (κ2) is 4.72. The largest absolute Gasteiger partial charge is 0.481 e. The van der Waals surface area contributed by atoms with Crippen molar-refractivity contribution in [1.29, 1.82) is 0 Å². The maximum Gasteiger partial charge on any atom is 0.308 e. The first-order valence-corrected chi connectivity index (χ1v) is 4.56. The van der Waals surface area contributed by atoms with Crippen LogP contribution in [-0.2, 0) is 4.79 Å². The molecule has 0 saturated heterocycles. The monoisotopic (exact) mass is 212 g/mol. The fraction of sp³-hybridized carbons (Fsp3) is 0.400. The van der Waals surface area contributed by atoms with Crippen LogP contribution in [-0.4, -0.2) is 29.7 Å². The van der Waals surface area contributed by atoms with Gasteiger partial charge < -0.3 is 10.0 Å². The molecule has 4 nitrogen and oxygen atoms in total. The number of nitrogens with zero attached hydrogens (tertiary/aromatic N) is 2. The summed E-state index contributed by atoms with van der Waals surface area (Å²) in [5.74, 6) is -1.19. The van der Waals surface area contributed by atoms with Gasteiger partial charge in [0.25, 0.3) is 0 Å². The van der Waals surface area contributed by atoms with Crippen molar-refractivity contribution in [1.82, 2.24) is 4.98 Å². The molecule has 1 aromatic heterocycles. The zero-order chi connectivity index (χ0) is 11.4. The zero-order valence-corrected chi connectivity index (χ0v) is 8.64. The Balaban J connectivity index is 2.64. The Bertz CT molecular complexity index is 340. The first-order chi connectivity index (χ1) is 7.00. The van der Waals surface area contributed by atoms with Crippen molar-refractivity contribution < 1.29 is 14.3 Å². The Morgan fingerprint density at radius 2 is 2.33 bits per heavy atom. The minimum atomic E-state index is -0.857. The Labute approximate surface area is 87.4 Å². The maximum absolute atomic E-state index is 12.6. The number of hydrogen-bond donors (Lipinski definition) is 1. The number of pyridine rings is 1.